The molecule has 5 rings (SSSR count). The van der Waals surface area contributed by atoms with Gasteiger partial charge in [0.15, 0.2) is 0 Å². The zero-order chi connectivity index (χ0) is 24.5. The second-order valence-corrected chi connectivity index (χ2v) is 9.32. The van der Waals surface area contributed by atoms with Gasteiger partial charge in [0.1, 0.15) is 11.6 Å². The fourth-order valence-electron chi connectivity index (χ4n) is 4.68. The van der Waals surface area contributed by atoms with Gasteiger partial charge in [-0.05, 0) is 54.8 Å². The number of amides is 2. The van der Waals surface area contributed by atoms with E-state index in [9.17, 15) is 4.79 Å². The maximum absolute atomic E-state index is 13.6. The fraction of sp³-hybridized carbons (Fsp3) is 0.286. The van der Waals surface area contributed by atoms with E-state index in [1.54, 1.807) is 7.11 Å². The molecule has 2 aromatic carbocycles. The summed E-state index contributed by atoms with van der Waals surface area (Å²) in [5.74, 6) is 2.10. The Morgan fingerprint density at radius 3 is 2.51 bits per heavy atom. The number of hydrogen-bond donors (Lipinski definition) is 1. The molecule has 0 spiro atoms. The number of fused-ring (bicyclic) bond motifs is 3. The van der Waals surface area contributed by atoms with E-state index >= 15 is 0 Å². The van der Waals surface area contributed by atoms with Crippen LogP contribution in [0.15, 0.2) is 72.9 Å². The third kappa shape index (κ3) is 4.18. The zero-order valence-corrected chi connectivity index (χ0v) is 20.6. The Kier molecular flexibility index (Phi) is 6.07. The quantitative estimate of drug-likeness (QED) is 0.434. The number of nitrogens with one attached hydrogen (secondary N) is 1. The summed E-state index contributed by atoms with van der Waals surface area (Å²) in [5.41, 5.74) is 4.94. The van der Waals surface area contributed by atoms with E-state index in [1.807, 2.05) is 65.0 Å². The van der Waals surface area contributed by atoms with Gasteiger partial charge in [-0.3, -0.25) is 0 Å². The monoisotopic (exact) mass is 469 g/mol. The summed E-state index contributed by atoms with van der Waals surface area (Å²) >= 11 is 0. The predicted octanol–water partition coefficient (Wildman–Crippen LogP) is 5.25. The van der Waals surface area contributed by atoms with E-state index in [0.717, 1.165) is 39.8 Å². The third-order valence-electron chi connectivity index (χ3n) is 6.44. The van der Waals surface area contributed by atoms with Gasteiger partial charge in [0.25, 0.3) is 0 Å². The number of carbonyl (C=O) groups is 1. The van der Waals surface area contributed by atoms with Crippen LogP contribution in [0.4, 0.5) is 4.79 Å². The molecule has 1 aliphatic rings. The molecule has 1 atom stereocenters. The number of ether oxygens (including phenoxy) is 1. The van der Waals surface area contributed by atoms with Gasteiger partial charge in [0.2, 0.25) is 0 Å². The summed E-state index contributed by atoms with van der Waals surface area (Å²) < 4.78 is 9.54. The molecule has 3 heterocycles. The van der Waals surface area contributed by atoms with Crippen molar-refractivity contribution in [3.8, 4) is 17.3 Å². The van der Waals surface area contributed by atoms with E-state index < -0.39 is 0 Å². The van der Waals surface area contributed by atoms with Gasteiger partial charge in [-0.15, -0.1) is 0 Å². The van der Waals surface area contributed by atoms with E-state index in [-0.39, 0.29) is 12.1 Å². The molecule has 1 aliphatic heterocycles. The van der Waals surface area contributed by atoms with Gasteiger partial charge < -0.3 is 19.5 Å². The lowest BCUT2D eigenvalue weighted by Gasteiger charge is -2.31. The van der Waals surface area contributed by atoms with Crippen molar-refractivity contribution in [1.82, 2.24) is 24.6 Å². The second kappa shape index (κ2) is 9.33. The first-order chi connectivity index (χ1) is 17.0. The molecule has 0 radical (unpaired) electrons. The molecule has 0 fully saturated rings. The van der Waals surface area contributed by atoms with Crippen LogP contribution < -0.4 is 10.1 Å². The lowest BCUT2D eigenvalue weighted by Crippen LogP contribution is -2.43. The first-order valence-electron chi connectivity index (χ1n) is 12.0. The van der Waals surface area contributed by atoms with Crippen molar-refractivity contribution in [3.05, 3.63) is 95.4 Å². The topological polar surface area (TPSA) is 64.3 Å². The summed E-state index contributed by atoms with van der Waals surface area (Å²) in [7, 11) is 1.66. The molecule has 7 nitrogen and oxygen atoms in total. The van der Waals surface area contributed by atoms with Gasteiger partial charge in [0.05, 0.1) is 36.8 Å². The molecule has 0 bridgehead atoms. The minimum absolute atomic E-state index is 0.0908. The summed E-state index contributed by atoms with van der Waals surface area (Å²) in [6.45, 7) is 7.26. The van der Waals surface area contributed by atoms with Crippen LogP contribution in [0.5, 0.6) is 5.75 Å². The highest BCUT2D eigenvalue weighted by Crippen LogP contribution is 2.38. The first-order valence-corrected chi connectivity index (χ1v) is 12.0. The molecule has 0 saturated heterocycles. The van der Waals surface area contributed by atoms with E-state index in [4.69, 9.17) is 9.84 Å². The van der Waals surface area contributed by atoms with Crippen molar-refractivity contribution in [2.24, 2.45) is 5.92 Å². The number of carbonyl (C=O) groups excluding carboxylic acids is 1. The molecule has 2 aromatic heterocycles. The van der Waals surface area contributed by atoms with E-state index in [0.29, 0.717) is 19.0 Å². The van der Waals surface area contributed by atoms with Crippen LogP contribution in [0.3, 0.4) is 0 Å². The molecule has 7 heteroatoms. The average Bonchev–Trinajstić information content (AvgIpc) is 3.43. The van der Waals surface area contributed by atoms with Crippen LogP contribution in [0, 0.1) is 12.8 Å². The van der Waals surface area contributed by atoms with Crippen molar-refractivity contribution in [2.45, 2.75) is 33.4 Å². The van der Waals surface area contributed by atoms with Crippen molar-refractivity contribution in [2.75, 3.05) is 13.7 Å². The molecular weight excluding hydrogens is 438 g/mol. The summed E-state index contributed by atoms with van der Waals surface area (Å²) in [6, 6.07) is 21.8. The summed E-state index contributed by atoms with van der Waals surface area (Å²) in [6.07, 6.45) is 2.06. The predicted molar refractivity (Wildman–Crippen MR) is 136 cm³/mol. The minimum Gasteiger partial charge on any atom is -0.497 e. The van der Waals surface area contributed by atoms with Crippen molar-refractivity contribution in [1.29, 1.82) is 0 Å². The lowest BCUT2D eigenvalue weighted by molar-refractivity contribution is 0.179. The van der Waals surface area contributed by atoms with Crippen molar-refractivity contribution in [3.63, 3.8) is 0 Å². The summed E-state index contributed by atoms with van der Waals surface area (Å²) in [5, 5.41) is 8.03. The number of aryl methyl sites for hydroxylation is 1. The lowest BCUT2D eigenvalue weighted by atomic mass is 10.0. The number of rotatable bonds is 5. The second-order valence-electron chi connectivity index (χ2n) is 9.32. The number of hydrogen-bond acceptors (Lipinski definition) is 3. The molecule has 1 N–H and O–H groups in total. The molecule has 2 amide bonds. The Morgan fingerprint density at radius 1 is 1.09 bits per heavy atom. The Labute approximate surface area is 205 Å². The number of nitrogens with zero attached hydrogens (tertiary/aromatic N) is 4. The Bertz CT molecular complexity index is 1320. The van der Waals surface area contributed by atoms with Gasteiger partial charge in [0, 0.05) is 18.3 Å². The maximum Gasteiger partial charge on any atom is 0.318 e. The van der Waals surface area contributed by atoms with Crippen LogP contribution in [-0.2, 0) is 6.54 Å². The average molecular weight is 470 g/mol. The molecular formula is C28H31N5O2. The van der Waals surface area contributed by atoms with Crippen LogP contribution in [0.2, 0.25) is 0 Å². The number of methoxy groups -OCH3 is 1. The van der Waals surface area contributed by atoms with Crippen LogP contribution >= 0.6 is 0 Å². The standard InChI is InChI=1S/C28H31N5O2/c1-19(2)17-29-28(34)32-18-24-20(3)30-33(22-9-6-5-7-10-22)27(24)31-16-8-11-25(31)26(32)21-12-14-23(35-4)15-13-21/h5-16,19,26H,17-18H2,1-4H3,(H,29,34)/t26-/m0/s1. The smallest absolute Gasteiger partial charge is 0.318 e. The van der Waals surface area contributed by atoms with Gasteiger partial charge in [-0.25, -0.2) is 9.48 Å². The Hall–Kier alpha value is -4.00. The molecule has 35 heavy (non-hydrogen) atoms. The number of benzene rings is 2. The van der Waals surface area contributed by atoms with Crippen LogP contribution in [0.1, 0.15) is 42.4 Å². The van der Waals surface area contributed by atoms with Crippen LogP contribution in [-0.4, -0.2) is 38.9 Å². The Balaban J connectivity index is 1.69. The molecule has 0 unspecified atom stereocenters. The van der Waals surface area contributed by atoms with E-state index in [2.05, 4.69) is 48.1 Å². The van der Waals surface area contributed by atoms with Gasteiger partial charge in [-0.2, -0.15) is 5.10 Å². The normalized spacial score (nSPS) is 14.9. The Morgan fingerprint density at radius 2 is 1.83 bits per heavy atom. The highest BCUT2D eigenvalue weighted by Gasteiger charge is 2.35. The molecule has 180 valence electrons. The van der Waals surface area contributed by atoms with Crippen molar-refractivity contribution >= 4 is 6.03 Å². The van der Waals surface area contributed by atoms with Gasteiger partial charge >= 0.3 is 6.03 Å². The number of aromatic nitrogens is 3. The molecule has 0 aliphatic carbocycles. The molecule has 4 aromatic rings. The highest BCUT2D eigenvalue weighted by atomic mass is 16.5. The maximum atomic E-state index is 13.6. The van der Waals surface area contributed by atoms with Crippen molar-refractivity contribution < 1.29 is 9.53 Å². The highest BCUT2D eigenvalue weighted by molar-refractivity contribution is 5.76. The van der Waals surface area contributed by atoms with Gasteiger partial charge in [-0.1, -0.05) is 44.2 Å². The number of urea groups is 1. The van der Waals surface area contributed by atoms with Crippen LogP contribution in [0.25, 0.3) is 11.5 Å². The number of para-hydroxylation sites is 1. The fourth-order valence-corrected chi connectivity index (χ4v) is 4.68. The largest absolute Gasteiger partial charge is 0.497 e. The minimum atomic E-state index is -0.279. The first kappa shape index (κ1) is 22.8. The van der Waals surface area contributed by atoms with E-state index in [1.165, 1.54) is 0 Å². The zero-order valence-electron chi connectivity index (χ0n) is 20.6. The summed E-state index contributed by atoms with van der Waals surface area (Å²) in [4.78, 5) is 15.6. The SMILES string of the molecule is COc1ccc([C@H]2c3cccn3-c3c(c(C)nn3-c3ccccc3)CN2C(=O)NCC(C)C)cc1. The molecule has 0 saturated carbocycles. The third-order valence-corrected chi connectivity index (χ3v) is 6.44.